The molecule has 0 atom stereocenters. The van der Waals surface area contributed by atoms with Crippen LogP contribution in [0.1, 0.15) is 5.56 Å². The summed E-state index contributed by atoms with van der Waals surface area (Å²) in [6.07, 6.45) is 1.55. The fraction of sp³-hybridized carbons (Fsp3) is 0.125. The number of sulfonamides is 1. The lowest BCUT2D eigenvalue weighted by Gasteiger charge is -2.13. The van der Waals surface area contributed by atoms with Gasteiger partial charge in [0.1, 0.15) is 22.1 Å². The van der Waals surface area contributed by atoms with Crippen molar-refractivity contribution in [2.24, 2.45) is 0 Å². The summed E-state index contributed by atoms with van der Waals surface area (Å²) in [5.41, 5.74) is 2.37. The van der Waals surface area contributed by atoms with Gasteiger partial charge in [0.25, 0.3) is 10.0 Å². The average Bonchev–Trinajstić information content (AvgIpc) is 3.25. The molecule has 32 heavy (non-hydrogen) atoms. The number of methoxy groups -OCH3 is 2. The monoisotopic (exact) mass is 449 g/mol. The highest BCUT2D eigenvalue weighted by Crippen LogP contribution is 2.33. The molecule has 0 unspecified atom stereocenters. The lowest BCUT2D eigenvalue weighted by atomic mass is 10.2. The zero-order valence-electron chi connectivity index (χ0n) is 17.7. The van der Waals surface area contributed by atoms with Gasteiger partial charge < -0.3 is 9.47 Å². The van der Waals surface area contributed by atoms with E-state index in [2.05, 4.69) is 9.82 Å². The van der Waals surface area contributed by atoms with Crippen LogP contribution in [-0.4, -0.2) is 32.4 Å². The van der Waals surface area contributed by atoms with E-state index < -0.39 is 10.0 Å². The number of hydrogen-bond acceptors (Lipinski definition) is 5. The second kappa shape index (κ2) is 9.15. The number of aromatic nitrogens is 2. The molecule has 0 aliphatic carbocycles. The average molecular weight is 450 g/mol. The number of ether oxygens (including phenoxy) is 2. The van der Waals surface area contributed by atoms with Crippen molar-refractivity contribution in [1.82, 2.24) is 9.78 Å². The highest BCUT2D eigenvalue weighted by molar-refractivity contribution is 7.92. The van der Waals surface area contributed by atoms with E-state index in [1.54, 1.807) is 29.1 Å². The molecule has 1 aromatic heterocycles. The van der Waals surface area contributed by atoms with Gasteiger partial charge >= 0.3 is 0 Å². The summed E-state index contributed by atoms with van der Waals surface area (Å²) in [5.74, 6) is 0.888. The predicted octanol–water partition coefficient (Wildman–Crippen LogP) is 4.42. The van der Waals surface area contributed by atoms with Gasteiger partial charge in [-0.2, -0.15) is 5.10 Å². The van der Waals surface area contributed by atoms with E-state index in [1.807, 2.05) is 60.7 Å². The normalized spacial score (nSPS) is 11.2. The first-order valence-electron chi connectivity index (χ1n) is 9.92. The maximum atomic E-state index is 13.5. The minimum Gasteiger partial charge on any atom is -0.497 e. The quantitative estimate of drug-likeness (QED) is 0.431. The van der Waals surface area contributed by atoms with Crippen LogP contribution in [0.25, 0.3) is 11.3 Å². The van der Waals surface area contributed by atoms with Crippen LogP contribution >= 0.6 is 0 Å². The van der Waals surface area contributed by atoms with Crippen molar-refractivity contribution < 1.29 is 17.9 Å². The van der Waals surface area contributed by atoms with Gasteiger partial charge in [-0.3, -0.25) is 9.40 Å². The van der Waals surface area contributed by atoms with E-state index >= 15 is 0 Å². The van der Waals surface area contributed by atoms with Crippen LogP contribution in [0.5, 0.6) is 11.5 Å². The molecule has 0 bridgehead atoms. The number of anilines is 1. The summed E-state index contributed by atoms with van der Waals surface area (Å²) in [6.45, 7) is 0.443. The van der Waals surface area contributed by atoms with Gasteiger partial charge in [-0.25, -0.2) is 8.42 Å². The molecule has 0 aliphatic heterocycles. The smallest absolute Gasteiger partial charge is 0.265 e. The van der Waals surface area contributed by atoms with Gasteiger partial charge in [-0.05, 0) is 17.7 Å². The lowest BCUT2D eigenvalue weighted by Crippen LogP contribution is -2.14. The summed E-state index contributed by atoms with van der Waals surface area (Å²) in [5, 5.41) is 4.60. The number of nitrogens with zero attached hydrogens (tertiary/aromatic N) is 2. The van der Waals surface area contributed by atoms with E-state index in [4.69, 9.17) is 9.47 Å². The molecule has 164 valence electrons. The number of benzene rings is 3. The van der Waals surface area contributed by atoms with Gasteiger partial charge in [0.2, 0.25) is 0 Å². The Kier molecular flexibility index (Phi) is 6.13. The SMILES string of the molecule is COc1ccc(OC)c(NS(=O)(=O)c2cn(Cc3ccccc3)nc2-c2ccccc2)c1. The summed E-state index contributed by atoms with van der Waals surface area (Å²) >= 11 is 0. The molecule has 0 spiro atoms. The second-order valence-electron chi connectivity index (χ2n) is 7.06. The fourth-order valence-corrected chi connectivity index (χ4v) is 4.57. The van der Waals surface area contributed by atoms with Gasteiger partial charge in [-0.1, -0.05) is 60.7 Å². The Bertz CT molecular complexity index is 1300. The number of rotatable bonds is 8. The third-order valence-corrected chi connectivity index (χ3v) is 6.27. The second-order valence-corrected chi connectivity index (χ2v) is 8.71. The van der Waals surface area contributed by atoms with Crippen LogP contribution in [-0.2, 0) is 16.6 Å². The van der Waals surface area contributed by atoms with Crippen molar-refractivity contribution >= 4 is 15.7 Å². The Morgan fingerprint density at radius 3 is 2.25 bits per heavy atom. The summed E-state index contributed by atoms with van der Waals surface area (Å²) in [4.78, 5) is 0.0736. The Morgan fingerprint density at radius 2 is 1.59 bits per heavy atom. The Labute approximate surface area is 187 Å². The summed E-state index contributed by atoms with van der Waals surface area (Å²) < 4.78 is 41.8. The van der Waals surface area contributed by atoms with E-state index in [1.165, 1.54) is 14.2 Å². The molecule has 0 saturated heterocycles. The van der Waals surface area contributed by atoms with Crippen LogP contribution in [0.3, 0.4) is 0 Å². The van der Waals surface area contributed by atoms with E-state index in [-0.39, 0.29) is 10.6 Å². The van der Waals surface area contributed by atoms with Gasteiger partial charge in [0.05, 0.1) is 26.5 Å². The zero-order valence-corrected chi connectivity index (χ0v) is 18.5. The minimum atomic E-state index is -3.99. The molecular formula is C24H23N3O4S. The molecule has 3 aromatic carbocycles. The highest BCUT2D eigenvalue weighted by atomic mass is 32.2. The van der Waals surface area contributed by atoms with Crippen LogP contribution in [0.2, 0.25) is 0 Å². The highest BCUT2D eigenvalue weighted by Gasteiger charge is 2.25. The van der Waals surface area contributed by atoms with Crippen LogP contribution in [0.15, 0.2) is 90.0 Å². The largest absolute Gasteiger partial charge is 0.497 e. The van der Waals surface area contributed by atoms with Crippen molar-refractivity contribution in [3.05, 3.63) is 90.6 Å². The Balaban J connectivity index is 1.77. The van der Waals surface area contributed by atoms with E-state index in [0.29, 0.717) is 29.3 Å². The third-order valence-electron chi connectivity index (χ3n) is 4.90. The topological polar surface area (TPSA) is 82.5 Å². The molecule has 4 rings (SSSR count). The summed E-state index contributed by atoms with van der Waals surface area (Å²) in [7, 11) is -0.996. The van der Waals surface area contributed by atoms with Gasteiger partial charge in [0, 0.05) is 17.8 Å². The molecule has 7 nitrogen and oxygen atoms in total. The van der Waals surface area contributed by atoms with Gasteiger partial charge in [-0.15, -0.1) is 0 Å². The maximum Gasteiger partial charge on any atom is 0.265 e. The van der Waals surface area contributed by atoms with E-state index in [0.717, 1.165) is 5.56 Å². The lowest BCUT2D eigenvalue weighted by molar-refractivity contribution is 0.405. The molecule has 4 aromatic rings. The molecular weight excluding hydrogens is 426 g/mol. The molecule has 0 saturated carbocycles. The molecule has 1 N–H and O–H groups in total. The van der Waals surface area contributed by atoms with Crippen molar-refractivity contribution in [2.75, 3.05) is 18.9 Å². The van der Waals surface area contributed by atoms with Crippen molar-refractivity contribution in [2.45, 2.75) is 11.4 Å². The molecule has 1 heterocycles. The first-order valence-corrected chi connectivity index (χ1v) is 11.4. The predicted molar refractivity (Wildman–Crippen MR) is 124 cm³/mol. The Morgan fingerprint density at radius 1 is 0.906 bits per heavy atom. The molecule has 0 aliphatic rings. The first kappa shape index (κ1) is 21.5. The van der Waals surface area contributed by atoms with Gasteiger partial charge in [0.15, 0.2) is 0 Å². The molecule has 8 heteroatoms. The first-order chi connectivity index (χ1) is 15.5. The zero-order chi connectivity index (χ0) is 22.6. The van der Waals surface area contributed by atoms with Crippen molar-refractivity contribution in [3.63, 3.8) is 0 Å². The maximum absolute atomic E-state index is 13.5. The third kappa shape index (κ3) is 4.60. The summed E-state index contributed by atoms with van der Waals surface area (Å²) in [6, 6.07) is 23.9. The van der Waals surface area contributed by atoms with Crippen molar-refractivity contribution in [3.8, 4) is 22.8 Å². The van der Waals surface area contributed by atoms with Crippen LogP contribution in [0.4, 0.5) is 5.69 Å². The molecule has 0 fully saturated rings. The molecule has 0 radical (unpaired) electrons. The van der Waals surface area contributed by atoms with E-state index in [9.17, 15) is 8.42 Å². The van der Waals surface area contributed by atoms with Crippen molar-refractivity contribution in [1.29, 1.82) is 0 Å². The fourth-order valence-electron chi connectivity index (χ4n) is 3.34. The Hall–Kier alpha value is -3.78. The van der Waals surface area contributed by atoms with Crippen LogP contribution < -0.4 is 14.2 Å². The standard InChI is InChI=1S/C24H23N3O4S/c1-30-20-13-14-22(31-2)21(15-20)26-32(28,29)23-17-27(16-18-9-5-3-6-10-18)25-24(23)19-11-7-4-8-12-19/h3-15,17,26H,16H2,1-2H3. The number of hydrogen-bond donors (Lipinski definition) is 1. The number of nitrogens with one attached hydrogen (secondary N) is 1. The molecule has 0 amide bonds. The van der Waals surface area contributed by atoms with Crippen LogP contribution in [0, 0.1) is 0 Å². The minimum absolute atomic E-state index is 0.0736.